The van der Waals surface area contributed by atoms with Gasteiger partial charge in [-0.1, -0.05) is 28.4 Å². The van der Waals surface area contributed by atoms with Gasteiger partial charge in [-0.3, -0.25) is 0 Å². The highest BCUT2D eigenvalue weighted by Gasteiger charge is 2.49. The van der Waals surface area contributed by atoms with Gasteiger partial charge in [-0.25, -0.2) is 0 Å². The Morgan fingerprint density at radius 3 is 2.43 bits per heavy atom. The number of hydrogen-bond donors (Lipinski definition) is 0. The summed E-state index contributed by atoms with van der Waals surface area (Å²) in [5.41, 5.74) is 0. The van der Waals surface area contributed by atoms with Crippen LogP contribution in [0.4, 0.5) is 0 Å². The van der Waals surface area contributed by atoms with E-state index >= 15 is 0 Å². The Bertz CT molecular complexity index is 662. The van der Waals surface area contributed by atoms with Gasteiger partial charge in [0.15, 0.2) is 0 Å². The van der Waals surface area contributed by atoms with Crippen molar-refractivity contribution in [2.75, 3.05) is 19.6 Å². The Kier molecular flexibility index (Phi) is 3.26. The minimum Gasteiger partial charge on any atom is -0.465 e. The molecule has 1 saturated carbocycles. The predicted molar refractivity (Wildman–Crippen MR) is 87.0 cm³/mol. The molecule has 3 aliphatic heterocycles. The Morgan fingerprint density at radius 2 is 1.70 bits per heavy atom. The third-order valence-electron chi connectivity index (χ3n) is 5.28. The van der Waals surface area contributed by atoms with Crippen molar-refractivity contribution in [3.63, 3.8) is 0 Å². The van der Waals surface area contributed by atoms with E-state index in [2.05, 4.69) is 15.1 Å². The number of benzene rings is 1. The van der Waals surface area contributed by atoms with Gasteiger partial charge < -0.3 is 14.4 Å². The zero-order valence-electron chi connectivity index (χ0n) is 12.8. The second-order valence-electron chi connectivity index (χ2n) is 6.91. The summed E-state index contributed by atoms with van der Waals surface area (Å²) in [4.78, 5) is 2.61. The Hall–Kier alpha value is -1.66. The van der Waals surface area contributed by atoms with Crippen LogP contribution >= 0.6 is 11.3 Å². The van der Waals surface area contributed by atoms with Crippen molar-refractivity contribution in [1.82, 2.24) is 15.1 Å². The van der Waals surface area contributed by atoms with Crippen LogP contribution in [-0.4, -0.2) is 40.8 Å². The number of ether oxygens (including phenoxy) is 2. The van der Waals surface area contributed by atoms with E-state index in [0.29, 0.717) is 28.3 Å². The molecule has 1 aromatic heterocycles. The van der Waals surface area contributed by atoms with Crippen molar-refractivity contribution < 1.29 is 9.47 Å². The summed E-state index contributed by atoms with van der Waals surface area (Å²) in [5.74, 6) is 2.98. The summed E-state index contributed by atoms with van der Waals surface area (Å²) in [6, 6.07) is 9.67. The molecule has 0 radical (unpaired) electrons. The molecule has 4 aliphatic rings. The summed E-state index contributed by atoms with van der Waals surface area (Å²) in [7, 11) is 0. The molecule has 4 heterocycles. The zero-order chi connectivity index (χ0) is 15.2. The normalized spacial score (nSPS) is 34.5. The van der Waals surface area contributed by atoms with E-state index < -0.39 is 0 Å². The highest BCUT2D eigenvalue weighted by Crippen LogP contribution is 2.45. The molecule has 4 bridgehead atoms. The first-order chi connectivity index (χ1) is 11.3. The third kappa shape index (κ3) is 2.60. The summed E-state index contributed by atoms with van der Waals surface area (Å²) in [5, 5.41) is 9.46. The summed E-state index contributed by atoms with van der Waals surface area (Å²) in [6.07, 6.45) is 2.92. The average Bonchev–Trinajstić information content (AvgIpc) is 2.98. The van der Waals surface area contributed by atoms with Crippen molar-refractivity contribution in [1.29, 1.82) is 0 Å². The first kappa shape index (κ1) is 13.7. The molecule has 0 spiro atoms. The maximum atomic E-state index is 6.25. The van der Waals surface area contributed by atoms with Crippen molar-refractivity contribution in [3.05, 3.63) is 30.3 Å². The second-order valence-corrected chi connectivity index (χ2v) is 7.81. The van der Waals surface area contributed by atoms with Gasteiger partial charge in [-0.2, -0.15) is 0 Å². The van der Waals surface area contributed by atoms with Gasteiger partial charge in [0.1, 0.15) is 11.9 Å². The third-order valence-corrected chi connectivity index (χ3v) is 5.97. The molecule has 0 amide bonds. The fourth-order valence-electron chi connectivity index (χ4n) is 4.55. The number of aromatic nitrogens is 2. The van der Waals surface area contributed by atoms with Gasteiger partial charge >= 0.3 is 5.19 Å². The molecular weight excluding hydrogens is 310 g/mol. The monoisotopic (exact) mass is 329 g/mol. The minimum absolute atomic E-state index is 0.306. The molecule has 1 aromatic carbocycles. The summed E-state index contributed by atoms with van der Waals surface area (Å²) >= 11 is 1.39. The molecule has 4 fully saturated rings. The maximum Gasteiger partial charge on any atom is 0.302 e. The van der Waals surface area contributed by atoms with Crippen LogP contribution in [0.1, 0.15) is 12.8 Å². The Morgan fingerprint density at radius 1 is 0.957 bits per heavy atom. The van der Waals surface area contributed by atoms with Crippen LogP contribution in [0.25, 0.3) is 0 Å². The lowest BCUT2D eigenvalue weighted by molar-refractivity contribution is -0.0986. The number of piperidine rings is 3. The maximum absolute atomic E-state index is 6.25. The van der Waals surface area contributed by atoms with Crippen molar-refractivity contribution in [2.24, 2.45) is 17.8 Å². The average molecular weight is 329 g/mol. The Balaban J connectivity index is 1.28. The Labute approximate surface area is 139 Å². The van der Waals surface area contributed by atoms with Gasteiger partial charge in [0.05, 0.1) is 0 Å². The molecule has 23 heavy (non-hydrogen) atoms. The molecule has 1 aliphatic carbocycles. The molecule has 120 valence electrons. The van der Waals surface area contributed by atoms with E-state index in [4.69, 9.17) is 9.47 Å². The van der Waals surface area contributed by atoms with E-state index in [0.717, 1.165) is 11.7 Å². The smallest absolute Gasteiger partial charge is 0.302 e. The van der Waals surface area contributed by atoms with Crippen molar-refractivity contribution >= 4 is 11.3 Å². The zero-order valence-corrected chi connectivity index (χ0v) is 13.6. The lowest BCUT2D eigenvalue weighted by Crippen LogP contribution is -2.61. The summed E-state index contributed by atoms with van der Waals surface area (Å²) < 4.78 is 12.0. The van der Waals surface area contributed by atoms with Crippen LogP contribution in [0.3, 0.4) is 0 Å². The molecule has 2 unspecified atom stereocenters. The van der Waals surface area contributed by atoms with Crippen molar-refractivity contribution in [2.45, 2.75) is 18.9 Å². The lowest BCUT2D eigenvalue weighted by Gasteiger charge is -2.54. The number of hydrogen-bond acceptors (Lipinski definition) is 6. The lowest BCUT2D eigenvalue weighted by atomic mass is 9.66. The highest BCUT2D eigenvalue weighted by molar-refractivity contribution is 7.14. The molecule has 5 nitrogen and oxygen atoms in total. The van der Waals surface area contributed by atoms with Crippen LogP contribution in [0.5, 0.6) is 16.1 Å². The van der Waals surface area contributed by atoms with E-state index in [1.165, 1.54) is 43.8 Å². The largest absolute Gasteiger partial charge is 0.465 e. The molecule has 6 heteroatoms. The first-order valence-electron chi connectivity index (χ1n) is 8.29. The van der Waals surface area contributed by atoms with Crippen LogP contribution < -0.4 is 9.47 Å². The van der Waals surface area contributed by atoms with Crippen molar-refractivity contribution in [3.8, 4) is 16.1 Å². The molecular formula is C17H19N3O2S. The van der Waals surface area contributed by atoms with Gasteiger partial charge in [-0.05, 0) is 42.2 Å². The number of rotatable bonds is 4. The predicted octanol–water partition coefficient (Wildman–Crippen LogP) is 3.05. The first-order valence-corrected chi connectivity index (χ1v) is 9.10. The van der Waals surface area contributed by atoms with Gasteiger partial charge in [0, 0.05) is 31.5 Å². The van der Waals surface area contributed by atoms with E-state index in [1.54, 1.807) is 0 Å². The van der Waals surface area contributed by atoms with Crippen LogP contribution in [0, 0.1) is 17.8 Å². The quantitative estimate of drug-likeness (QED) is 0.863. The number of para-hydroxylation sites is 1. The van der Waals surface area contributed by atoms with Gasteiger partial charge in [0.25, 0.3) is 5.19 Å². The van der Waals surface area contributed by atoms with E-state index in [9.17, 15) is 0 Å². The highest BCUT2D eigenvalue weighted by atomic mass is 32.1. The second kappa shape index (κ2) is 5.46. The SMILES string of the molecule is c1ccc(Oc2nnc(OC3C4CC5CC3CN(C5)C4)s2)cc1. The minimum atomic E-state index is 0.306. The molecule has 3 saturated heterocycles. The number of nitrogens with zero attached hydrogens (tertiary/aromatic N) is 3. The molecule has 2 aromatic rings. The summed E-state index contributed by atoms with van der Waals surface area (Å²) in [6.45, 7) is 3.67. The standard InChI is InChI=1S/C17H19N3O2S/c1-2-4-14(5-3-1)21-16-18-19-17(23-16)22-15-12-6-11-7-13(15)10-20(8-11)9-12/h1-5,11-13,15H,6-10H2. The molecule has 6 rings (SSSR count). The topological polar surface area (TPSA) is 47.5 Å². The fourth-order valence-corrected chi connectivity index (χ4v) is 5.16. The van der Waals surface area contributed by atoms with Crippen LogP contribution in [-0.2, 0) is 0 Å². The van der Waals surface area contributed by atoms with Gasteiger partial charge in [0.2, 0.25) is 0 Å². The van der Waals surface area contributed by atoms with E-state index in [1.807, 2.05) is 30.3 Å². The molecule has 0 N–H and O–H groups in total. The fraction of sp³-hybridized carbons (Fsp3) is 0.529. The molecule has 2 atom stereocenters. The van der Waals surface area contributed by atoms with Crippen LogP contribution in [0.15, 0.2) is 30.3 Å². The van der Waals surface area contributed by atoms with Gasteiger partial charge in [-0.15, -0.1) is 0 Å². The van der Waals surface area contributed by atoms with Crippen LogP contribution in [0.2, 0.25) is 0 Å². The van der Waals surface area contributed by atoms with E-state index in [-0.39, 0.29) is 0 Å².